The second-order valence-electron chi connectivity index (χ2n) is 4.52. The third kappa shape index (κ3) is 2.93. The molecule has 17 heavy (non-hydrogen) atoms. The first-order valence-electron chi connectivity index (χ1n) is 5.83. The summed E-state index contributed by atoms with van der Waals surface area (Å²) in [5.74, 6) is 0.332. The number of nitrogens with one attached hydrogen (secondary N) is 1. The van der Waals surface area contributed by atoms with Gasteiger partial charge >= 0.3 is 0 Å². The third-order valence-electron chi connectivity index (χ3n) is 3.26. The Morgan fingerprint density at radius 3 is 2.65 bits per heavy atom. The van der Waals surface area contributed by atoms with E-state index in [0.29, 0.717) is 10.0 Å². The Bertz CT molecular complexity index is 429. The van der Waals surface area contributed by atoms with Crippen LogP contribution in [0.3, 0.4) is 0 Å². The highest BCUT2D eigenvalue weighted by Gasteiger charge is 2.26. The smallest absolute Gasteiger partial charge is 0.223 e. The van der Waals surface area contributed by atoms with Crippen molar-refractivity contribution in [1.82, 2.24) is 5.32 Å². The number of amides is 1. The van der Waals surface area contributed by atoms with Crippen LogP contribution < -0.4 is 5.32 Å². The van der Waals surface area contributed by atoms with E-state index in [1.165, 1.54) is 0 Å². The molecule has 0 radical (unpaired) electrons. The summed E-state index contributed by atoms with van der Waals surface area (Å²) in [5, 5.41) is 4.20. The van der Waals surface area contributed by atoms with Crippen molar-refractivity contribution in [2.24, 2.45) is 5.92 Å². The van der Waals surface area contributed by atoms with E-state index < -0.39 is 0 Å². The molecule has 2 rings (SSSR count). The average molecular weight is 272 g/mol. The molecule has 1 N–H and O–H groups in total. The SMILES string of the molecule is CC(NC(=O)C1CCC1)c1ccc(Cl)cc1Cl. The fourth-order valence-electron chi connectivity index (χ4n) is 1.93. The molecule has 0 aromatic heterocycles. The quantitative estimate of drug-likeness (QED) is 0.886. The zero-order valence-electron chi connectivity index (χ0n) is 9.67. The first-order valence-corrected chi connectivity index (χ1v) is 6.59. The van der Waals surface area contributed by atoms with E-state index in [1.807, 2.05) is 13.0 Å². The van der Waals surface area contributed by atoms with Crippen molar-refractivity contribution in [1.29, 1.82) is 0 Å². The lowest BCUT2D eigenvalue weighted by atomic mass is 9.84. The van der Waals surface area contributed by atoms with Crippen molar-refractivity contribution >= 4 is 29.1 Å². The molecule has 2 nitrogen and oxygen atoms in total. The molecule has 1 amide bonds. The van der Waals surface area contributed by atoms with Crippen LogP contribution in [0.5, 0.6) is 0 Å². The van der Waals surface area contributed by atoms with Crippen molar-refractivity contribution in [3.63, 3.8) is 0 Å². The molecule has 0 heterocycles. The minimum absolute atomic E-state index is 0.0760. The Morgan fingerprint density at radius 2 is 2.12 bits per heavy atom. The minimum atomic E-state index is -0.0760. The van der Waals surface area contributed by atoms with Gasteiger partial charge < -0.3 is 5.32 Å². The van der Waals surface area contributed by atoms with Gasteiger partial charge in [-0.3, -0.25) is 4.79 Å². The number of carbonyl (C=O) groups excluding carboxylic acids is 1. The molecule has 0 saturated heterocycles. The molecule has 1 saturated carbocycles. The summed E-state index contributed by atoms with van der Waals surface area (Å²) in [6.45, 7) is 1.94. The monoisotopic (exact) mass is 271 g/mol. The average Bonchev–Trinajstić information content (AvgIpc) is 2.13. The highest BCUT2D eigenvalue weighted by molar-refractivity contribution is 6.35. The molecule has 0 spiro atoms. The van der Waals surface area contributed by atoms with E-state index in [2.05, 4.69) is 5.32 Å². The molecule has 4 heteroatoms. The fourth-order valence-corrected chi connectivity index (χ4v) is 2.50. The molecule has 1 aromatic carbocycles. The first kappa shape index (κ1) is 12.7. The lowest BCUT2D eigenvalue weighted by Gasteiger charge is -2.26. The van der Waals surface area contributed by atoms with E-state index >= 15 is 0 Å². The molecule has 1 atom stereocenters. The number of benzene rings is 1. The normalized spacial score (nSPS) is 17.4. The standard InChI is InChI=1S/C13H15Cl2NO/c1-8(16-13(17)9-3-2-4-9)11-6-5-10(14)7-12(11)15/h5-9H,2-4H2,1H3,(H,16,17). The third-order valence-corrected chi connectivity index (χ3v) is 3.83. The summed E-state index contributed by atoms with van der Waals surface area (Å²) in [5.41, 5.74) is 0.906. The predicted octanol–water partition coefficient (Wildman–Crippen LogP) is 3.97. The van der Waals surface area contributed by atoms with Crippen molar-refractivity contribution in [3.05, 3.63) is 33.8 Å². The lowest BCUT2D eigenvalue weighted by Crippen LogP contribution is -2.36. The Kier molecular flexibility index (Phi) is 3.95. The number of halogens is 2. The van der Waals surface area contributed by atoms with E-state index in [-0.39, 0.29) is 17.9 Å². The van der Waals surface area contributed by atoms with Gasteiger partial charge in [0.05, 0.1) is 6.04 Å². The van der Waals surface area contributed by atoms with Crippen molar-refractivity contribution in [3.8, 4) is 0 Å². The van der Waals surface area contributed by atoms with Gasteiger partial charge in [-0.2, -0.15) is 0 Å². The number of carbonyl (C=O) groups is 1. The Hall–Kier alpha value is -0.730. The number of hydrogen-bond donors (Lipinski definition) is 1. The Labute approximate surface area is 111 Å². The van der Waals surface area contributed by atoms with E-state index in [9.17, 15) is 4.79 Å². The summed E-state index contributed by atoms with van der Waals surface area (Å²) >= 11 is 11.9. The summed E-state index contributed by atoms with van der Waals surface area (Å²) in [4.78, 5) is 11.8. The van der Waals surface area contributed by atoms with Gasteiger partial charge in [0.15, 0.2) is 0 Å². The Morgan fingerprint density at radius 1 is 1.41 bits per heavy atom. The molecule has 92 valence electrons. The van der Waals surface area contributed by atoms with Gasteiger partial charge in [-0.05, 0) is 37.5 Å². The maximum atomic E-state index is 11.8. The van der Waals surface area contributed by atoms with Crippen LogP contribution in [0, 0.1) is 5.92 Å². The summed E-state index contributed by atoms with van der Waals surface area (Å²) in [6.07, 6.45) is 3.17. The molecule has 0 aliphatic heterocycles. The van der Waals surface area contributed by atoms with Gasteiger partial charge in [0.1, 0.15) is 0 Å². The van der Waals surface area contributed by atoms with Gasteiger partial charge in [0.2, 0.25) is 5.91 Å². The van der Waals surface area contributed by atoms with E-state index in [1.54, 1.807) is 12.1 Å². The van der Waals surface area contributed by atoms with Crippen LogP contribution in [0.15, 0.2) is 18.2 Å². The maximum absolute atomic E-state index is 11.8. The van der Waals surface area contributed by atoms with Gasteiger partial charge in [-0.15, -0.1) is 0 Å². The van der Waals surface area contributed by atoms with Gasteiger partial charge in [-0.1, -0.05) is 35.7 Å². The highest BCUT2D eigenvalue weighted by atomic mass is 35.5. The molecule has 1 unspecified atom stereocenters. The molecule has 1 fully saturated rings. The predicted molar refractivity (Wildman–Crippen MR) is 70.4 cm³/mol. The van der Waals surface area contributed by atoms with Crippen molar-refractivity contribution in [2.45, 2.75) is 32.2 Å². The Balaban J connectivity index is 2.03. The van der Waals surface area contributed by atoms with Crippen molar-refractivity contribution in [2.75, 3.05) is 0 Å². The van der Waals surface area contributed by atoms with E-state index in [0.717, 1.165) is 24.8 Å². The first-order chi connectivity index (χ1) is 8.08. The van der Waals surface area contributed by atoms with Gasteiger partial charge in [0, 0.05) is 16.0 Å². The molecule has 0 bridgehead atoms. The van der Waals surface area contributed by atoms with Crippen LogP contribution in [0.25, 0.3) is 0 Å². The maximum Gasteiger partial charge on any atom is 0.223 e. The lowest BCUT2D eigenvalue weighted by molar-refractivity contribution is -0.128. The van der Waals surface area contributed by atoms with Crippen LogP contribution in [-0.4, -0.2) is 5.91 Å². The summed E-state index contributed by atoms with van der Waals surface area (Å²) in [6, 6.07) is 5.27. The molecular weight excluding hydrogens is 257 g/mol. The molecule has 1 aromatic rings. The van der Waals surface area contributed by atoms with Crippen LogP contribution in [0.4, 0.5) is 0 Å². The fraction of sp³-hybridized carbons (Fsp3) is 0.462. The molecular formula is C13H15Cl2NO. The van der Waals surface area contributed by atoms with Crippen molar-refractivity contribution < 1.29 is 4.79 Å². The topological polar surface area (TPSA) is 29.1 Å². The zero-order valence-corrected chi connectivity index (χ0v) is 11.2. The van der Waals surface area contributed by atoms with Crippen LogP contribution in [-0.2, 0) is 4.79 Å². The number of rotatable bonds is 3. The van der Waals surface area contributed by atoms with Crippen LogP contribution in [0.2, 0.25) is 10.0 Å². The van der Waals surface area contributed by atoms with Crippen LogP contribution in [0.1, 0.15) is 37.8 Å². The largest absolute Gasteiger partial charge is 0.349 e. The van der Waals surface area contributed by atoms with E-state index in [4.69, 9.17) is 23.2 Å². The molecule has 1 aliphatic rings. The van der Waals surface area contributed by atoms with Gasteiger partial charge in [0.25, 0.3) is 0 Å². The summed E-state index contributed by atoms with van der Waals surface area (Å²) < 4.78 is 0. The van der Waals surface area contributed by atoms with Gasteiger partial charge in [-0.25, -0.2) is 0 Å². The zero-order chi connectivity index (χ0) is 12.4. The highest BCUT2D eigenvalue weighted by Crippen LogP contribution is 2.29. The molecule has 1 aliphatic carbocycles. The summed E-state index contributed by atoms with van der Waals surface area (Å²) in [7, 11) is 0. The number of hydrogen-bond acceptors (Lipinski definition) is 1. The second kappa shape index (κ2) is 5.28. The second-order valence-corrected chi connectivity index (χ2v) is 5.37. The minimum Gasteiger partial charge on any atom is -0.349 e. The van der Waals surface area contributed by atoms with Crippen LogP contribution >= 0.6 is 23.2 Å².